The Bertz CT molecular complexity index is 456. The highest BCUT2D eigenvalue weighted by Gasteiger charge is 2.08. The first-order valence-electron chi connectivity index (χ1n) is 4.47. The summed E-state index contributed by atoms with van der Waals surface area (Å²) in [6.07, 6.45) is 0.549. The van der Waals surface area contributed by atoms with E-state index in [0.717, 1.165) is 0 Å². The van der Waals surface area contributed by atoms with E-state index >= 15 is 0 Å². The smallest absolute Gasteiger partial charge is 0.247 e. The van der Waals surface area contributed by atoms with Crippen LogP contribution in [0.5, 0.6) is 5.75 Å². The molecule has 0 bridgehead atoms. The molecule has 0 saturated carbocycles. The maximum atomic E-state index is 9.27. The topological polar surface area (TPSA) is 59.2 Å². The highest BCUT2D eigenvalue weighted by atomic mass is 35.5. The van der Waals surface area contributed by atoms with Gasteiger partial charge < -0.3 is 9.52 Å². The number of aryl methyl sites for hydroxylation is 1. The Balaban J connectivity index is 2.29. The Hall–Kier alpha value is -1.55. The van der Waals surface area contributed by atoms with Crippen LogP contribution in [0.1, 0.15) is 5.89 Å². The van der Waals surface area contributed by atoms with Gasteiger partial charge in [-0.05, 0) is 18.2 Å². The highest BCUT2D eigenvalue weighted by molar-refractivity contribution is 6.17. The molecule has 0 spiro atoms. The average Bonchev–Trinajstić information content (AvgIpc) is 2.67. The number of rotatable bonds is 3. The first-order chi connectivity index (χ1) is 7.29. The van der Waals surface area contributed by atoms with Crippen molar-refractivity contribution < 1.29 is 9.52 Å². The highest BCUT2D eigenvalue weighted by Crippen LogP contribution is 2.21. The quantitative estimate of drug-likeness (QED) is 0.813. The van der Waals surface area contributed by atoms with Gasteiger partial charge in [-0.25, -0.2) is 0 Å². The molecule has 0 saturated heterocycles. The van der Waals surface area contributed by atoms with Gasteiger partial charge in [0.15, 0.2) is 0 Å². The van der Waals surface area contributed by atoms with E-state index in [1.54, 1.807) is 24.3 Å². The molecule has 78 valence electrons. The van der Waals surface area contributed by atoms with Crippen molar-refractivity contribution in [2.75, 3.05) is 5.88 Å². The molecule has 2 rings (SSSR count). The number of hydrogen-bond donors (Lipinski definition) is 1. The van der Waals surface area contributed by atoms with Gasteiger partial charge in [-0.1, -0.05) is 6.07 Å². The predicted molar refractivity (Wildman–Crippen MR) is 55.8 cm³/mol. The Morgan fingerprint density at radius 1 is 1.33 bits per heavy atom. The molecular weight excluding hydrogens is 216 g/mol. The number of alkyl halides is 1. The van der Waals surface area contributed by atoms with E-state index in [2.05, 4.69) is 10.2 Å². The van der Waals surface area contributed by atoms with Crippen molar-refractivity contribution >= 4 is 11.6 Å². The lowest BCUT2D eigenvalue weighted by molar-refractivity contribution is 0.474. The van der Waals surface area contributed by atoms with Gasteiger partial charge >= 0.3 is 0 Å². The zero-order chi connectivity index (χ0) is 10.7. The molecule has 4 nitrogen and oxygen atoms in total. The lowest BCUT2D eigenvalue weighted by Gasteiger charge is -1.94. The molecule has 0 radical (unpaired) electrons. The van der Waals surface area contributed by atoms with Crippen LogP contribution >= 0.6 is 11.6 Å². The first-order valence-corrected chi connectivity index (χ1v) is 5.01. The van der Waals surface area contributed by atoms with Crippen molar-refractivity contribution in [3.05, 3.63) is 30.2 Å². The van der Waals surface area contributed by atoms with Gasteiger partial charge in [0.25, 0.3) is 0 Å². The summed E-state index contributed by atoms with van der Waals surface area (Å²) in [4.78, 5) is 0. The molecule has 1 N–H and O–H groups in total. The van der Waals surface area contributed by atoms with E-state index in [9.17, 15) is 5.11 Å². The number of halogens is 1. The molecule has 5 heteroatoms. The second-order valence-corrected chi connectivity index (χ2v) is 3.37. The lowest BCUT2D eigenvalue weighted by atomic mass is 10.2. The van der Waals surface area contributed by atoms with Gasteiger partial charge in [-0.3, -0.25) is 0 Å². The fourth-order valence-electron chi connectivity index (χ4n) is 1.19. The van der Waals surface area contributed by atoms with Crippen LogP contribution in [0.3, 0.4) is 0 Å². The van der Waals surface area contributed by atoms with Gasteiger partial charge in [-0.15, -0.1) is 21.8 Å². The third-order valence-corrected chi connectivity index (χ3v) is 2.06. The van der Waals surface area contributed by atoms with Crippen molar-refractivity contribution in [2.24, 2.45) is 0 Å². The van der Waals surface area contributed by atoms with E-state index in [4.69, 9.17) is 16.0 Å². The van der Waals surface area contributed by atoms with Gasteiger partial charge in [0.05, 0.1) is 0 Å². The number of phenolic OH excluding ortho intramolecular Hbond substituents is 1. The largest absolute Gasteiger partial charge is 0.508 e. The lowest BCUT2D eigenvalue weighted by Crippen LogP contribution is -1.84. The maximum Gasteiger partial charge on any atom is 0.247 e. The van der Waals surface area contributed by atoms with Gasteiger partial charge in [0.1, 0.15) is 5.75 Å². The Morgan fingerprint density at radius 2 is 2.20 bits per heavy atom. The van der Waals surface area contributed by atoms with Gasteiger partial charge in [-0.2, -0.15) is 0 Å². The van der Waals surface area contributed by atoms with Gasteiger partial charge in [0, 0.05) is 17.9 Å². The predicted octanol–water partition coefficient (Wildman–Crippen LogP) is 2.22. The van der Waals surface area contributed by atoms with Crippen LogP contribution < -0.4 is 0 Å². The summed E-state index contributed by atoms with van der Waals surface area (Å²) < 4.78 is 5.35. The van der Waals surface area contributed by atoms with Crippen LogP contribution in [0.25, 0.3) is 11.5 Å². The molecule has 2 aromatic rings. The molecule has 15 heavy (non-hydrogen) atoms. The van der Waals surface area contributed by atoms with Crippen molar-refractivity contribution in [2.45, 2.75) is 6.42 Å². The molecular formula is C10H9ClN2O2. The molecule has 0 unspecified atom stereocenters. The number of hydrogen-bond acceptors (Lipinski definition) is 4. The minimum atomic E-state index is 0.171. The number of nitrogens with zero attached hydrogens (tertiary/aromatic N) is 2. The molecule has 0 aliphatic heterocycles. The summed E-state index contributed by atoms with van der Waals surface area (Å²) >= 11 is 5.55. The standard InChI is InChI=1S/C10H9ClN2O2/c11-5-4-9-12-13-10(15-9)7-2-1-3-8(14)6-7/h1-3,6,14H,4-5H2. The molecule has 1 aromatic heterocycles. The van der Waals surface area contributed by atoms with E-state index in [0.29, 0.717) is 29.6 Å². The van der Waals surface area contributed by atoms with Crippen LogP contribution in [0.2, 0.25) is 0 Å². The molecule has 0 amide bonds. The molecule has 1 heterocycles. The zero-order valence-corrected chi connectivity index (χ0v) is 8.61. The van der Waals surface area contributed by atoms with E-state index in [-0.39, 0.29) is 5.75 Å². The van der Waals surface area contributed by atoms with Crippen LogP contribution in [-0.4, -0.2) is 21.2 Å². The SMILES string of the molecule is Oc1cccc(-c2nnc(CCCl)o2)c1. The number of phenols is 1. The van der Waals surface area contributed by atoms with Gasteiger partial charge in [0.2, 0.25) is 11.8 Å². The third-order valence-electron chi connectivity index (χ3n) is 1.87. The first kappa shape index (κ1) is 9.98. The molecule has 0 fully saturated rings. The van der Waals surface area contributed by atoms with Crippen molar-refractivity contribution in [1.82, 2.24) is 10.2 Å². The van der Waals surface area contributed by atoms with Crippen molar-refractivity contribution in [3.8, 4) is 17.2 Å². The fraction of sp³-hybridized carbons (Fsp3) is 0.200. The molecule has 0 aliphatic rings. The number of aromatic nitrogens is 2. The van der Waals surface area contributed by atoms with Crippen LogP contribution in [0.15, 0.2) is 28.7 Å². The fourth-order valence-corrected chi connectivity index (χ4v) is 1.35. The van der Waals surface area contributed by atoms with Crippen LogP contribution in [0, 0.1) is 0 Å². The summed E-state index contributed by atoms with van der Waals surface area (Å²) in [7, 11) is 0. The molecule has 0 atom stereocenters. The van der Waals surface area contributed by atoms with E-state index in [1.165, 1.54) is 0 Å². The van der Waals surface area contributed by atoms with E-state index in [1.807, 2.05) is 0 Å². The summed E-state index contributed by atoms with van der Waals surface area (Å²) in [6, 6.07) is 6.66. The van der Waals surface area contributed by atoms with E-state index < -0.39 is 0 Å². The Morgan fingerprint density at radius 3 is 2.93 bits per heavy atom. The molecule has 1 aromatic carbocycles. The summed E-state index contributed by atoms with van der Waals surface area (Å²) in [6.45, 7) is 0. The minimum absolute atomic E-state index is 0.171. The molecule has 0 aliphatic carbocycles. The minimum Gasteiger partial charge on any atom is -0.508 e. The second kappa shape index (κ2) is 4.31. The Kier molecular flexibility index (Phi) is 2.87. The van der Waals surface area contributed by atoms with Crippen molar-refractivity contribution in [3.63, 3.8) is 0 Å². The third kappa shape index (κ3) is 2.27. The maximum absolute atomic E-state index is 9.27. The number of aromatic hydroxyl groups is 1. The average molecular weight is 225 g/mol. The van der Waals surface area contributed by atoms with Crippen LogP contribution in [0.4, 0.5) is 0 Å². The van der Waals surface area contributed by atoms with Crippen LogP contribution in [-0.2, 0) is 6.42 Å². The zero-order valence-electron chi connectivity index (χ0n) is 7.85. The second-order valence-electron chi connectivity index (χ2n) is 2.99. The Labute approximate surface area is 91.5 Å². The number of benzene rings is 1. The summed E-state index contributed by atoms with van der Waals surface area (Å²) in [5.74, 6) is 1.51. The summed E-state index contributed by atoms with van der Waals surface area (Å²) in [5, 5.41) is 17.0. The van der Waals surface area contributed by atoms with Crippen molar-refractivity contribution in [1.29, 1.82) is 0 Å². The monoisotopic (exact) mass is 224 g/mol. The summed E-state index contributed by atoms with van der Waals surface area (Å²) in [5.41, 5.74) is 0.698. The normalized spacial score (nSPS) is 10.5.